The third-order valence-electron chi connectivity index (χ3n) is 5.31. The van der Waals surface area contributed by atoms with Gasteiger partial charge in [0.2, 0.25) is 5.91 Å². The molecule has 0 radical (unpaired) electrons. The number of carbonyl (C=O) groups is 1. The molecule has 1 aliphatic rings. The Morgan fingerprint density at radius 3 is 2.35 bits per heavy atom. The van der Waals surface area contributed by atoms with Crippen LogP contribution in [0, 0.1) is 17.1 Å². The fourth-order valence-electron chi connectivity index (χ4n) is 3.96. The fraction of sp³-hybridized carbons (Fsp3) is 0.0833. The predicted octanol–water partition coefficient (Wildman–Crippen LogP) is 4.81. The van der Waals surface area contributed by atoms with Gasteiger partial charge >= 0.3 is 0 Å². The number of fused-ring (bicyclic) bond motifs is 1. The van der Waals surface area contributed by atoms with Gasteiger partial charge in [0, 0.05) is 22.4 Å². The number of benzene rings is 2. The normalized spacial score (nSPS) is 14.9. The number of ether oxygens (including phenoxy) is 1. The van der Waals surface area contributed by atoms with Gasteiger partial charge < -0.3 is 18.9 Å². The van der Waals surface area contributed by atoms with Crippen molar-refractivity contribution < 1.29 is 22.8 Å². The topological polar surface area (TPSA) is 88.4 Å². The van der Waals surface area contributed by atoms with Crippen LogP contribution in [0.2, 0.25) is 0 Å². The number of amides is 1. The first-order chi connectivity index (χ1) is 15.1. The Morgan fingerprint density at radius 2 is 1.71 bits per heavy atom. The van der Waals surface area contributed by atoms with Crippen LogP contribution < -0.4 is 5.32 Å². The number of furan rings is 2. The van der Waals surface area contributed by atoms with E-state index < -0.39 is 11.4 Å². The lowest BCUT2D eigenvalue weighted by atomic mass is 9.80. The van der Waals surface area contributed by atoms with Gasteiger partial charge in [0.1, 0.15) is 12.4 Å². The van der Waals surface area contributed by atoms with Crippen LogP contribution in [-0.4, -0.2) is 12.5 Å². The van der Waals surface area contributed by atoms with Crippen molar-refractivity contribution in [3.05, 3.63) is 102 Å². The molecule has 1 aliphatic heterocycles. The maximum atomic E-state index is 14.1. The number of nitrogens with one attached hydrogen (secondary N) is 1. The van der Waals surface area contributed by atoms with Gasteiger partial charge in [0.15, 0.2) is 5.60 Å². The molecule has 31 heavy (non-hydrogen) atoms. The second kappa shape index (κ2) is 7.27. The van der Waals surface area contributed by atoms with Crippen LogP contribution in [-0.2, 0) is 15.1 Å². The number of halogens is 1. The highest BCUT2D eigenvalue weighted by molar-refractivity contribution is 5.94. The molecule has 0 bridgehead atoms. The molecule has 4 aromatic rings. The summed E-state index contributed by atoms with van der Waals surface area (Å²) in [5, 5.41) is 12.1. The summed E-state index contributed by atoms with van der Waals surface area (Å²) in [5.74, 6) is -0.815. The standard InChI is InChI=1S/C24H15FN2O4/c25-20-8-15(11-26)7-17(9-20)16-1-2-22-21(10-16)24(18-3-5-29-12-18,19-4-6-30-13-19)31-14-23(28)27-22/h1-10,12-13H,14H2,(H,27,28). The SMILES string of the molecule is N#Cc1cc(F)cc(-c2ccc3c(c2)C(c2ccoc2)(c2ccoc2)OCC(=O)N3)c1. The van der Waals surface area contributed by atoms with Crippen molar-refractivity contribution in [1.82, 2.24) is 0 Å². The van der Waals surface area contributed by atoms with Crippen LogP contribution in [0.25, 0.3) is 11.1 Å². The van der Waals surface area contributed by atoms with Crippen molar-refractivity contribution in [2.75, 3.05) is 11.9 Å². The highest BCUT2D eigenvalue weighted by Crippen LogP contribution is 2.46. The van der Waals surface area contributed by atoms with Crippen LogP contribution in [0.15, 0.2) is 82.4 Å². The minimum absolute atomic E-state index is 0.196. The molecule has 7 heteroatoms. The summed E-state index contributed by atoms with van der Waals surface area (Å²) in [5.41, 5.74) is 2.71. The summed E-state index contributed by atoms with van der Waals surface area (Å²) < 4.78 is 31.0. The monoisotopic (exact) mass is 414 g/mol. The zero-order chi connectivity index (χ0) is 21.4. The average Bonchev–Trinajstić information content (AvgIpc) is 3.48. The molecule has 1 N–H and O–H groups in total. The van der Waals surface area contributed by atoms with Crippen LogP contribution in [0.1, 0.15) is 22.3 Å². The molecule has 0 saturated carbocycles. The summed E-state index contributed by atoms with van der Waals surface area (Å²) >= 11 is 0. The van der Waals surface area contributed by atoms with Gasteiger partial charge in [-0.3, -0.25) is 4.79 Å². The number of hydrogen-bond donors (Lipinski definition) is 1. The molecule has 0 saturated heterocycles. The molecule has 3 heterocycles. The Balaban J connectivity index is 1.79. The van der Waals surface area contributed by atoms with E-state index in [0.717, 1.165) is 0 Å². The van der Waals surface area contributed by atoms with Crippen molar-refractivity contribution in [3.63, 3.8) is 0 Å². The molecule has 5 rings (SSSR count). The van der Waals surface area contributed by atoms with Crippen molar-refractivity contribution in [1.29, 1.82) is 5.26 Å². The van der Waals surface area contributed by atoms with E-state index in [0.29, 0.717) is 33.5 Å². The third-order valence-corrected chi connectivity index (χ3v) is 5.31. The van der Waals surface area contributed by atoms with Crippen LogP contribution in [0.3, 0.4) is 0 Å². The van der Waals surface area contributed by atoms with Gasteiger partial charge in [-0.25, -0.2) is 4.39 Å². The summed E-state index contributed by atoms with van der Waals surface area (Å²) in [6, 6.07) is 14.9. The van der Waals surface area contributed by atoms with Gasteiger partial charge in [-0.1, -0.05) is 6.07 Å². The van der Waals surface area contributed by atoms with Crippen molar-refractivity contribution in [2.45, 2.75) is 5.60 Å². The van der Waals surface area contributed by atoms with Gasteiger partial charge in [0.05, 0.1) is 36.7 Å². The second-order valence-electron chi connectivity index (χ2n) is 7.14. The fourth-order valence-corrected chi connectivity index (χ4v) is 3.96. The van der Waals surface area contributed by atoms with E-state index in [1.54, 1.807) is 42.9 Å². The second-order valence-corrected chi connectivity index (χ2v) is 7.14. The highest BCUT2D eigenvalue weighted by atomic mass is 19.1. The Labute approximate surface area is 176 Å². The van der Waals surface area contributed by atoms with Gasteiger partial charge in [0.25, 0.3) is 0 Å². The maximum Gasteiger partial charge on any atom is 0.250 e. The van der Waals surface area contributed by atoms with Crippen molar-refractivity contribution in [3.8, 4) is 17.2 Å². The summed E-state index contributed by atoms with van der Waals surface area (Å²) in [4.78, 5) is 12.4. The molecule has 0 unspecified atom stereocenters. The lowest BCUT2D eigenvalue weighted by Gasteiger charge is -2.32. The molecule has 152 valence electrons. The first kappa shape index (κ1) is 18.9. The molecule has 2 aromatic heterocycles. The zero-order valence-corrected chi connectivity index (χ0v) is 16.1. The van der Waals surface area contributed by atoms with Gasteiger partial charge in [-0.2, -0.15) is 5.26 Å². The third kappa shape index (κ3) is 3.10. The first-order valence-electron chi connectivity index (χ1n) is 9.45. The van der Waals surface area contributed by atoms with Crippen molar-refractivity contribution >= 4 is 11.6 Å². The van der Waals surface area contributed by atoms with Crippen molar-refractivity contribution in [2.24, 2.45) is 0 Å². The Kier molecular flexibility index (Phi) is 4.42. The Bertz CT molecular complexity index is 1270. The molecule has 0 aliphatic carbocycles. The lowest BCUT2D eigenvalue weighted by Crippen LogP contribution is -2.32. The Hall–Kier alpha value is -4.15. The molecular weight excluding hydrogens is 399 g/mol. The zero-order valence-electron chi connectivity index (χ0n) is 16.1. The number of rotatable bonds is 3. The molecule has 0 atom stereocenters. The van der Waals surface area contributed by atoms with E-state index >= 15 is 0 Å². The van der Waals surface area contributed by atoms with Crippen LogP contribution in [0.5, 0.6) is 0 Å². The van der Waals surface area contributed by atoms with E-state index in [1.807, 2.05) is 12.1 Å². The summed E-state index contributed by atoms with van der Waals surface area (Å²) in [6.45, 7) is -0.196. The van der Waals surface area contributed by atoms with Gasteiger partial charge in [-0.05, 0) is 53.6 Å². The first-order valence-corrected chi connectivity index (χ1v) is 9.45. The summed E-state index contributed by atoms with van der Waals surface area (Å²) in [7, 11) is 0. The van der Waals surface area contributed by atoms with E-state index in [-0.39, 0.29) is 18.1 Å². The molecule has 6 nitrogen and oxygen atoms in total. The largest absolute Gasteiger partial charge is 0.472 e. The summed E-state index contributed by atoms with van der Waals surface area (Å²) in [6.07, 6.45) is 6.15. The number of nitriles is 1. The number of anilines is 1. The lowest BCUT2D eigenvalue weighted by molar-refractivity contribution is -0.123. The van der Waals surface area contributed by atoms with Crippen LogP contribution in [0.4, 0.5) is 10.1 Å². The number of hydrogen-bond acceptors (Lipinski definition) is 5. The predicted molar refractivity (Wildman–Crippen MR) is 108 cm³/mol. The van der Waals surface area contributed by atoms with E-state index in [9.17, 15) is 14.4 Å². The number of nitrogens with zero attached hydrogens (tertiary/aromatic N) is 1. The minimum atomic E-state index is -1.20. The smallest absolute Gasteiger partial charge is 0.250 e. The average molecular weight is 414 g/mol. The quantitative estimate of drug-likeness (QED) is 0.520. The Morgan fingerprint density at radius 1 is 0.968 bits per heavy atom. The molecule has 2 aromatic carbocycles. The van der Waals surface area contributed by atoms with E-state index in [4.69, 9.17) is 13.6 Å². The minimum Gasteiger partial charge on any atom is -0.472 e. The highest BCUT2D eigenvalue weighted by Gasteiger charge is 2.44. The van der Waals surface area contributed by atoms with Crippen LogP contribution >= 0.6 is 0 Å². The molecule has 0 fully saturated rings. The molecular formula is C24H15FN2O4. The van der Waals surface area contributed by atoms with E-state index in [2.05, 4.69) is 5.32 Å². The molecule has 0 spiro atoms. The number of carbonyl (C=O) groups excluding carboxylic acids is 1. The molecule has 1 amide bonds. The maximum absolute atomic E-state index is 14.1. The van der Waals surface area contributed by atoms with E-state index in [1.165, 1.54) is 24.7 Å². The van der Waals surface area contributed by atoms with Gasteiger partial charge in [-0.15, -0.1) is 0 Å².